The lowest BCUT2D eigenvalue weighted by molar-refractivity contribution is -0.161. The molecule has 0 radical (unpaired) electrons. The highest BCUT2D eigenvalue weighted by atomic mass is 31.2. The van der Waals surface area contributed by atoms with Crippen LogP contribution < -0.4 is 0 Å². The van der Waals surface area contributed by atoms with Gasteiger partial charge in [-0.05, 0) is 43.4 Å². The van der Waals surface area contributed by atoms with Crippen LogP contribution in [0.2, 0.25) is 0 Å². The molecule has 660 valence electrons. The average molecular weight is 1620 g/mol. The first-order valence-electron chi connectivity index (χ1n) is 47.3. The van der Waals surface area contributed by atoms with Crippen LogP contribution in [-0.2, 0) is 65.4 Å². The molecule has 0 heterocycles. The first kappa shape index (κ1) is 109. The quantitative estimate of drug-likeness (QED) is 0.0222. The smallest absolute Gasteiger partial charge is 0.462 e. The van der Waals surface area contributed by atoms with E-state index in [9.17, 15) is 43.2 Å². The summed E-state index contributed by atoms with van der Waals surface area (Å²) in [6, 6.07) is 0. The predicted octanol–water partition coefficient (Wildman–Crippen LogP) is 28.4. The van der Waals surface area contributed by atoms with Gasteiger partial charge in [0.05, 0.1) is 26.4 Å². The Morgan fingerprint density at radius 2 is 0.414 bits per heavy atom. The van der Waals surface area contributed by atoms with Crippen molar-refractivity contribution >= 4 is 39.5 Å². The van der Waals surface area contributed by atoms with Crippen molar-refractivity contribution in [2.75, 3.05) is 39.6 Å². The molecule has 0 aromatic heterocycles. The Balaban J connectivity index is 5.25. The summed E-state index contributed by atoms with van der Waals surface area (Å²) in [6.45, 7) is 12.1. The van der Waals surface area contributed by atoms with Gasteiger partial charge in [0.25, 0.3) is 0 Å². The van der Waals surface area contributed by atoms with Crippen molar-refractivity contribution in [3.63, 3.8) is 0 Å². The Labute approximate surface area is 683 Å². The van der Waals surface area contributed by atoms with Crippen LogP contribution in [0, 0.1) is 17.8 Å². The molecule has 0 amide bonds. The monoisotopic (exact) mass is 1620 g/mol. The van der Waals surface area contributed by atoms with Crippen molar-refractivity contribution in [1.82, 2.24) is 0 Å². The third-order valence-corrected chi connectivity index (χ3v) is 23.5. The van der Waals surface area contributed by atoms with Crippen LogP contribution in [0.1, 0.15) is 492 Å². The Hall–Kier alpha value is -1.94. The first-order chi connectivity index (χ1) is 53.7. The fraction of sp³-hybridized carbons (Fsp3) is 0.957. The molecule has 0 aliphatic heterocycles. The lowest BCUT2D eigenvalue weighted by Gasteiger charge is -2.21. The van der Waals surface area contributed by atoms with Crippen molar-refractivity contribution in [2.24, 2.45) is 17.8 Å². The Morgan fingerprint density at radius 1 is 0.243 bits per heavy atom. The fourth-order valence-electron chi connectivity index (χ4n) is 14.4. The molecule has 0 aliphatic carbocycles. The van der Waals surface area contributed by atoms with Crippen molar-refractivity contribution < 1.29 is 80.2 Å². The van der Waals surface area contributed by atoms with E-state index in [0.717, 1.165) is 108 Å². The number of aliphatic hydroxyl groups excluding tert-OH is 1. The van der Waals surface area contributed by atoms with Gasteiger partial charge in [0.2, 0.25) is 0 Å². The minimum atomic E-state index is -4.97. The molecule has 5 atom stereocenters. The average Bonchev–Trinajstić information content (AvgIpc) is 0.899. The van der Waals surface area contributed by atoms with Gasteiger partial charge in [0, 0.05) is 25.7 Å². The molecular weight excluding hydrogens is 1440 g/mol. The number of carbonyl (C=O) groups is 4. The number of esters is 4. The molecule has 0 bridgehead atoms. The first-order valence-corrected chi connectivity index (χ1v) is 50.3. The molecule has 3 N–H and O–H groups in total. The molecule has 17 nitrogen and oxygen atoms in total. The second-order valence-electron chi connectivity index (χ2n) is 34.5. The summed E-state index contributed by atoms with van der Waals surface area (Å²) in [5.41, 5.74) is 0. The zero-order valence-electron chi connectivity index (χ0n) is 73.4. The van der Waals surface area contributed by atoms with Gasteiger partial charge in [-0.25, -0.2) is 9.13 Å². The number of hydrogen-bond donors (Lipinski definition) is 3. The van der Waals surface area contributed by atoms with Crippen LogP contribution >= 0.6 is 15.6 Å². The van der Waals surface area contributed by atoms with Gasteiger partial charge in [-0.15, -0.1) is 0 Å². The molecule has 19 heteroatoms. The maximum atomic E-state index is 13.2. The van der Waals surface area contributed by atoms with Crippen LogP contribution in [-0.4, -0.2) is 96.7 Å². The number of ether oxygens (including phenoxy) is 4. The molecule has 0 saturated heterocycles. The summed E-state index contributed by atoms with van der Waals surface area (Å²) in [5, 5.41) is 10.7. The van der Waals surface area contributed by atoms with E-state index in [1.54, 1.807) is 0 Å². The highest BCUT2D eigenvalue weighted by molar-refractivity contribution is 7.47. The van der Waals surface area contributed by atoms with Gasteiger partial charge < -0.3 is 33.8 Å². The van der Waals surface area contributed by atoms with E-state index in [1.165, 1.54) is 302 Å². The van der Waals surface area contributed by atoms with Gasteiger partial charge in [0.1, 0.15) is 19.3 Å². The predicted molar refractivity (Wildman–Crippen MR) is 460 cm³/mol. The topological polar surface area (TPSA) is 237 Å². The van der Waals surface area contributed by atoms with Gasteiger partial charge >= 0.3 is 39.5 Å². The van der Waals surface area contributed by atoms with Crippen LogP contribution in [0.5, 0.6) is 0 Å². The molecule has 0 spiro atoms. The minimum Gasteiger partial charge on any atom is -0.462 e. The number of rotatable bonds is 90. The maximum absolute atomic E-state index is 13.2. The second kappa shape index (κ2) is 81.8. The summed E-state index contributed by atoms with van der Waals surface area (Å²) < 4.78 is 69.1. The number of hydrogen-bond acceptors (Lipinski definition) is 15. The zero-order chi connectivity index (χ0) is 81.5. The lowest BCUT2D eigenvalue weighted by atomic mass is 10.0. The van der Waals surface area contributed by atoms with E-state index >= 15 is 0 Å². The maximum Gasteiger partial charge on any atom is 0.472 e. The number of phosphoric acid groups is 2. The van der Waals surface area contributed by atoms with Crippen molar-refractivity contribution in [3.05, 3.63) is 0 Å². The highest BCUT2D eigenvalue weighted by Crippen LogP contribution is 2.45. The summed E-state index contributed by atoms with van der Waals surface area (Å²) in [7, 11) is -9.94. The van der Waals surface area contributed by atoms with E-state index < -0.39 is 97.5 Å². The van der Waals surface area contributed by atoms with E-state index in [4.69, 9.17) is 37.0 Å². The van der Waals surface area contributed by atoms with Crippen molar-refractivity contribution in [1.29, 1.82) is 0 Å². The van der Waals surface area contributed by atoms with E-state index in [-0.39, 0.29) is 25.7 Å². The fourth-order valence-corrected chi connectivity index (χ4v) is 16.0. The zero-order valence-corrected chi connectivity index (χ0v) is 75.2. The van der Waals surface area contributed by atoms with Gasteiger partial charge in [-0.3, -0.25) is 37.3 Å². The van der Waals surface area contributed by atoms with Crippen LogP contribution in [0.3, 0.4) is 0 Å². The second-order valence-corrected chi connectivity index (χ2v) is 37.4. The van der Waals surface area contributed by atoms with Crippen molar-refractivity contribution in [2.45, 2.75) is 510 Å². The molecule has 0 fully saturated rings. The van der Waals surface area contributed by atoms with Gasteiger partial charge in [0.15, 0.2) is 12.2 Å². The molecule has 0 aromatic carbocycles. The molecule has 0 aliphatic rings. The SMILES string of the molecule is CCCCCCCCCCCCCCC(=O)OC[C@H](COP(=O)(O)OC[C@H](O)COP(=O)(O)OC[C@@H](COC(=O)CCCCCCCCCCCCCCCCCCC(C)C)OC(=O)CCCCCCCCCCCCCCCCCCCCC(C)C)OC(=O)CCCCCCCCCCCCCCCCCCC(C)C. The Morgan fingerprint density at radius 3 is 0.613 bits per heavy atom. The van der Waals surface area contributed by atoms with E-state index in [1.807, 2.05) is 0 Å². The molecule has 0 saturated carbocycles. The van der Waals surface area contributed by atoms with Crippen LogP contribution in [0.4, 0.5) is 0 Å². The number of aliphatic hydroxyl groups is 1. The van der Waals surface area contributed by atoms with E-state index in [0.29, 0.717) is 25.7 Å². The molecular formula is C92H180O17P2. The van der Waals surface area contributed by atoms with E-state index in [2.05, 4.69) is 48.5 Å². The highest BCUT2D eigenvalue weighted by Gasteiger charge is 2.31. The number of unbranched alkanes of at least 4 members (excludes halogenated alkanes) is 58. The summed E-state index contributed by atoms with van der Waals surface area (Å²) in [6.07, 6.45) is 75.0. The molecule has 0 rings (SSSR count). The van der Waals surface area contributed by atoms with Crippen LogP contribution in [0.15, 0.2) is 0 Å². The summed E-state index contributed by atoms with van der Waals surface area (Å²) >= 11 is 0. The summed E-state index contributed by atoms with van der Waals surface area (Å²) in [4.78, 5) is 73.5. The minimum absolute atomic E-state index is 0.108. The summed E-state index contributed by atoms with van der Waals surface area (Å²) in [5.74, 6) is 0.347. The van der Waals surface area contributed by atoms with Crippen molar-refractivity contribution in [3.8, 4) is 0 Å². The normalized spacial score (nSPS) is 13.8. The van der Waals surface area contributed by atoms with Crippen LogP contribution in [0.25, 0.3) is 0 Å². The Kier molecular flexibility index (Phi) is 80.4. The standard InChI is InChI=1S/C92H180O17P2/c1-8-9-10-11-12-13-14-38-45-52-59-66-73-89(94)102-79-87(108-92(97)76-69-62-55-48-41-34-28-22-20-25-31-37-44-51-58-65-72-85(6)7)81-106-110(98,99)104-77-86(93)78-105-111(100,101)107-82-88(80-103-90(95)74-67-60-53-46-39-32-26-21-19-24-30-36-43-50-57-64-71-84(4)5)109-91(96)75-68-61-54-47-40-33-27-18-16-15-17-23-29-35-42-49-56-63-70-83(2)3/h83-88,93H,8-82H2,1-7H3,(H,98,99)(H,100,101)/t86-,87+,88+/m0/s1. The largest absolute Gasteiger partial charge is 0.472 e. The lowest BCUT2D eigenvalue weighted by Crippen LogP contribution is -2.30. The number of phosphoric ester groups is 2. The van der Waals surface area contributed by atoms with Gasteiger partial charge in [-0.1, -0.05) is 440 Å². The third kappa shape index (κ3) is 85.8. The number of carbonyl (C=O) groups excluding carboxylic acids is 4. The van der Waals surface area contributed by atoms with Gasteiger partial charge in [-0.2, -0.15) is 0 Å². The Bertz CT molecular complexity index is 2130. The third-order valence-electron chi connectivity index (χ3n) is 21.6. The molecule has 0 aromatic rings. The molecule has 111 heavy (non-hydrogen) atoms. The molecule has 2 unspecified atom stereocenters.